The van der Waals surface area contributed by atoms with Crippen LogP contribution in [0.1, 0.15) is 86.6 Å². The van der Waals surface area contributed by atoms with Crippen LogP contribution >= 0.6 is 0 Å². The number of phenols is 1. The normalized spacial score (nSPS) is 18.2. The van der Waals surface area contributed by atoms with Crippen LogP contribution in [0.25, 0.3) is 83.9 Å². The van der Waals surface area contributed by atoms with Gasteiger partial charge in [-0.15, -0.1) is 23.8 Å². The van der Waals surface area contributed by atoms with E-state index in [0.29, 0.717) is 34.0 Å². The molecule has 4 nitrogen and oxygen atoms in total. The van der Waals surface area contributed by atoms with Gasteiger partial charge >= 0.3 is 0 Å². The molecule has 0 saturated heterocycles. The average Bonchev–Trinajstić information content (AvgIpc) is 1.16. The van der Waals surface area contributed by atoms with E-state index in [0.717, 1.165) is 16.7 Å². The number of aryl methyl sites for hydroxylation is 1. The third-order valence-corrected chi connectivity index (χ3v) is 10.6. The molecular weight excluding hydrogens is 938 g/mol. The summed E-state index contributed by atoms with van der Waals surface area (Å²) in [5.41, 5.74) is -6.70. The fourth-order valence-electron chi connectivity index (χ4n) is 7.64. The van der Waals surface area contributed by atoms with E-state index in [1.807, 2.05) is 78.9 Å². The molecule has 9 aromatic rings. The van der Waals surface area contributed by atoms with Crippen LogP contribution in [0.15, 0.2) is 170 Å². The minimum absolute atomic E-state index is 0. The van der Waals surface area contributed by atoms with Crippen LogP contribution in [0.3, 0.4) is 0 Å². The topological polar surface area (TPSA) is 50.9 Å². The third-order valence-electron chi connectivity index (χ3n) is 10.6. The van der Waals surface area contributed by atoms with Crippen LogP contribution in [-0.2, 0) is 31.9 Å². The Labute approximate surface area is 409 Å². The molecular formula is C57H50N3OPt-. The summed E-state index contributed by atoms with van der Waals surface area (Å²) in [7, 11) is 0. The minimum Gasteiger partial charge on any atom is -0.507 e. The van der Waals surface area contributed by atoms with Crippen LogP contribution in [0.4, 0.5) is 0 Å². The van der Waals surface area contributed by atoms with Crippen molar-refractivity contribution in [3.8, 4) is 78.6 Å². The molecule has 310 valence electrons. The Morgan fingerprint density at radius 2 is 1.23 bits per heavy atom. The van der Waals surface area contributed by atoms with Crippen LogP contribution < -0.4 is 0 Å². The van der Waals surface area contributed by atoms with Gasteiger partial charge in [-0.1, -0.05) is 179 Å². The number of aromatic hydroxyl groups is 1. The number of benzene rings is 7. The summed E-state index contributed by atoms with van der Waals surface area (Å²) < 4.78 is 184. The Bertz CT molecular complexity index is 3770. The van der Waals surface area contributed by atoms with Crippen LogP contribution in [0.2, 0.25) is 0 Å². The molecule has 2 heterocycles. The van der Waals surface area contributed by atoms with Gasteiger partial charge in [0, 0.05) is 73.0 Å². The molecule has 2 aromatic heterocycles. The van der Waals surface area contributed by atoms with Gasteiger partial charge in [0.15, 0.2) is 0 Å². The van der Waals surface area contributed by atoms with Gasteiger partial charge in [-0.3, -0.25) is 9.55 Å². The number of nitrogens with zero attached hydrogens (tertiary/aromatic N) is 3. The first-order chi connectivity index (χ1) is 38.0. The van der Waals surface area contributed by atoms with E-state index in [4.69, 9.17) is 38.8 Å². The van der Waals surface area contributed by atoms with Gasteiger partial charge in [-0.2, -0.15) is 0 Å². The number of imidazole rings is 1. The summed E-state index contributed by atoms with van der Waals surface area (Å²) in [6.45, 7) is -27.8. The second-order valence-corrected chi connectivity index (χ2v) is 14.8. The van der Waals surface area contributed by atoms with Gasteiger partial charge in [-0.25, -0.2) is 4.98 Å². The van der Waals surface area contributed by atoms with E-state index in [2.05, 4.69) is 6.07 Å². The number of para-hydroxylation sites is 1. The maximum absolute atomic E-state index is 12.9. The second-order valence-electron chi connectivity index (χ2n) is 14.8. The average molecular weight is 1010 g/mol. The zero-order valence-electron chi connectivity index (χ0n) is 53.8. The first-order valence-electron chi connectivity index (χ1n) is 29.8. The predicted octanol–water partition coefficient (Wildman–Crippen LogP) is 14.8. The first-order valence-corrected chi connectivity index (χ1v) is 19.3. The van der Waals surface area contributed by atoms with Crippen LogP contribution in [0, 0.1) is 12.9 Å². The summed E-state index contributed by atoms with van der Waals surface area (Å²) in [4.78, 5) is 9.76. The van der Waals surface area contributed by atoms with E-state index < -0.39 is 87.1 Å². The molecule has 7 aromatic carbocycles. The molecule has 62 heavy (non-hydrogen) atoms. The summed E-state index contributed by atoms with van der Waals surface area (Å²) in [5, 5.41) is 12.9. The minimum atomic E-state index is -4.21. The largest absolute Gasteiger partial charge is 0.507 e. The van der Waals surface area contributed by atoms with Gasteiger partial charge in [0.05, 0.1) is 16.6 Å². The Morgan fingerprint density at radius 3 is 1.90 bits per heavy atom. The van der Waals surface area contributed by atoms with Crippen LogP contribution in [0.5, 0.6) is 5.75 Å². The SMILES string of the molecule is [2H]C([2H])([2H])c1cc(-n2c(-c3cc(C(C([2H])([2H])[2H])(C([2H])([2H])[2H])C([2H])([2H])[2H])cc(C(C([2H])([2H])[2H])(C([2H])([2H])[2H])C([2H])([2H])[2H])c3O)nc3c(-c4[c-]c(-c5cc(-c6ccccc6)ccn5)cc(-c5ccccc5)c4)cccc32)ccc1-c1ccccc1.[Pt]. The molecule has 0 aliphatic carbocycles. The molecule has 5 heteroatoms. The zero-order valence-corrected chi connectivity index (χ0v) is 35.0. The second kappa shape index (κ2) is 16.8. The molecule has 0 amide bonds. The first kappa shape index (κ1) is 23.8. The van der Waals surface area contributed by atoms with Crippen molar-refractivity contribution in [2.24, 2.45) is 0 Å². The van der Waals surface area contributed by atoms with Gasteiger partial charge in [0.25, 0.3) is 0 Å². The molecule has 0 aliphatic rings. The number of rotatable bonds is 7. The van der Waals surface area contributed by atoms with Crippen molar-refractivity contribution in [1.29, 1.82) is 0 Å². The standard InChI is InChI=1S/C57H50N3O.Pt/c1-37-30-46(26-27-47(37)40-22-15-10-16-23-40)60-52-25-17-24-48(53(52)59-55(60)49-35-45(56(2,3)4)36-50(54(49)61)57(5,6)7)43-31-42(39-20-13-9-14-21-39)32-44(33-43)51-34-41(28-29-58-51)38-18-11-8-12-19-38;/h8-32,34-36,61H,1-7H3;/q-1;/i1D3,2D3,3D3,4D3,5D3,6D3,7D3;. The van der Waals surface area contributed by atoms with E-state index in [1.54, 1.807) is 54.7 Å². The maximum atomic E-state index is 12.9. The van der Waals surface area contributed by atoms with Gasteiger partial charge < -0.3 is 5.11 Å². The molecule has 0 spiro atoms. The molecule has 0 fully saturated rings. The summed E-state index contributed by atoms with van der Waals surface area (Å²) in [6, 6.07) is 48.1. The van der Waals surface area contributed by atoms with Crippen molar-refractivity contribution in [2.45, 2.75) is 58.8 Å². The van der Waals surface area contributed by atoms with Crippen molar-refractivity contribution in [3.05, 3.63) is 193 Å². The number of hydrogen-bond donors (Lipinski definition) is 1. The van der Waals surface area contributed by atoms with E-state index >= 15 is 0 Å². The van der Waals surface area contributed by atoms with Gasteiger partial charge in [-0.05, 0) is 87.0 Å². The number of aromatic nitrogens is 3. The fourth-order valence-corrected chi connectivity index (χ4v) is 7.64. The molecule has 0 atom stereocenters. The molecule has 1 N–H and O–H groups in total. The molecule has 0 unspecified atom stereocenters. The Hall–Kier alpha value is -6.35. The van der Waals surface area contributed by atoms with E-state index in [9.17, 15) is 5.11 Å². The third kappa shape index (κ3) is 8.20. The molecule has 0 radical (unpaired) electrons. The molecule has 0 aliphatic heterocycles. The van der Waals surface area contributed by atoms with Crippen molar-refractivity contribution in [2.75, 3.05) is 0 Å². The summed E-state index contributed by atoms with van der Waals surface area (Å²) in [5.74, 6) is -2.07. The van der Waals surface area contributed by atoms with Crippen molar-refractivity contribution in [1.82, 2.24) is 14.5 Å². The quantitative estimate of drug-likeness (QED) is 0.162. The number of phenolic OH excluding ortho intramolecular Hbond substituents is 1. The summed E-state index contributed by atoms with van der Waals surface area (Å²) in [6.07, 6.45) is 1.65. The van der Waals surface area contributed by atoms with E-state index in [-0.39, 0.29) is 60.5 Å². The van der Waals surface area contributed by atoms with Crippen molar-refractivity contribution < 1.29 is 55.0 Å². The number of fused-ring (bicyclic) bond motifs is 1. The van der Waals surface area contributed by atoms with E-state index in [1.165, 1.54) is 28.8 Å². The predicted molar refractivity (Wildman–Crippen MR) is 254 cm³/mol. The van der Waals surface area contributed by atoms with Crippen molar-refractivity contribution in [3.63, 3.8) is 0 Å². The number of pyridine rings is 1. The summed E-state index contributed by atoms with van der Waals surface area (Å²) >= 11 is 0. The molecule has 0 saturated carbocycles. The molecule has 0 bridgehead atoms. The number of hydrogen-bond acceptors (Lipinski definition) is 3. The van der Waals surface area contributed by atoms with Gasteiger partial charge in [0.1, 0.15) is 11.6 Å². The molecule has 9 rings (SSSR count). The monoisotopic (exact) mass is 1010 g/mol. The maximum Gasteiger partial charge on any atom is 0.148 e. The Morgan fingerprint density at radius 1 is 0.565 bits per heavy atom. The van der Waals surface area contributed by atoms with Crippen molar-refractivity contribution >= 4 is 11.0 Å². The Kier molecular flexibility index (Phi) is 6.45. The Balaban J connectivity index is 0.00000900. The smallest absolute Gasteiger partial charge is 0.148 e. The zero-order chi connectivity index (χ0) is 60.0. The van der Waals surface area contributed by atoms with Gasteiger partial charge in [0.2, 0.25) is 0 Å². The fraction of sp³-hybridized carbons (Fsp3) is 0.158. The van der Waals surface area contributed by atoms with Crippen LogP contribution in [-0.4, -0.2) is 19.6 Å².